The van der Waals surface area contributed by atoms with Crippen LogP contribution in [0, 0.1) is 10.1 Å². The minimum absolute atomic E-state index is 0.0225. The van der Waals surface area contributed by atoms with Gasteiger partial charge in [-0.15, -0.1) is 0 Å². The molecule has 0 fully saturated rings. The quantitative estimate of drug-likeness (QED) is 0.547. The fourth-order valence-electron chi connectivity index (χ4n) is 3.28. The van der Waals surface area contributed by atoms with Gasteiger partial charge in [0.25, 0.3) is 11.6 Å². The average molecular weight is 371 g/mol. The molecule has 0 aromatic heterocycles. The van der Waals surface area contributed by atoms with Crippen LogP contribution in [0.15, 0.2) is 91.0 Å². The van der Waals surface area contributed by atoms with E-state index in [9.17, 15) is 14.9 Å². The number of rotatable bonds is 4. The number of hydrogen-bond donors (Lipinski definition) is 1. The Balaban J connectivity index is 1.79. The van der Waals surface area contributed by atoms with Crippen molar-refractivity contribution in [3.8, 4) is 0 Å². The predicted molar refractivity (Wildman–Crippen MR) is 106 cm³/mol. The van der Waals surface area contributed by atoms with Crippen LogP contribution in [0.25, 0.3) is 5.70 Å². The Morgan fingerprint density at radius 1 is 0.893 bits per heavy atom. The fourth-order valence-corrected chi connectivity index (χ4v) is 3.28. The number of benzene rings is 3. The zero-order valence-corrected chi connectivity index (χ0v) is 14.9. The molecule has 1 unspecified atom stereocenters. The zero-order chi connectivity index (χ0) is 19.5. The van der Waals surface area contributed by atoms with E-state index in [0.717, 1.165) is 11.3 Å². The van der Waals surface area contributed by atoms with E-state index in [1.54, 1.807) is 42.5 Å². The lowest BCUT2D eigenvalue weighted by Crippen LogP contribution is -2.39. The zero-order valence-electron chi connectivity index (χ0n) is 14.9. The molecule has 138 valence electrons. The number of hydrazine groups is 1. The molecule has 0 saturated carbocycles. The van der Waals surface area contributed by atoms with E-state index >= 15 is 0 Å². The fraction of sp³-hybridized carbons (Fsp3) is 0.0455. The van der Waals surface area contributed by atoms with Gasteiger partial charge in [-0.05, 0) is 29.8 Å². The number of nitrogens with one attached hydrogen (secondary N) is 1. The first-order chi connectivity index (χ1) is 13.6. The molecule has 1 amide bonds. The summed E-state index contributed by atoms with van der Waals surface area (Å²) in [5.41, 5.74) is 5.70. The summed E-state index contributed by atoms with van der Waals surface area (Å²) >= 11 is 0. The highest BCUT2D eigenvalue weighted by molar-refractivity contribution is 5.95. The molecule has 0 spiro atoms. The van der Waals surface area contributed by atoms with Gasteiger partial charge in [-0.1, -0.05) is 60.7 Å². The predicted octanol–water partition coefficient (Wildman–Crippen LogP) is 4.34. The van der Waals surface area contributed by atoms with E-state index in [2.05, 4.69) is 5.43 Å². The molecular formula is C22H17N3O3. The number of hydrogen-bond acceptors (Lipinski definition) is 4. The summed E-state index contributed by atoms with van der Waals surface area (Å²) in [6.07, 6.45) is 1.85. The summed E-state index contributed by atoms with van der Waals surface area (Å²) < 4.78 is 0. The second-order valence-corrected chi connectivity index (χ2v) is 6.36. The summed E-state index contributed by atoms with van der Waals surface area (Å²) in [5.74, 6) is -0.258. The molecule has 1 N–H and O–H groups in total. The van der Waals surface area contributed by atoms with Gasteiger partial charge in [0.15, 0.2) is 0 Å². The van der Waals surface area contributed by atoms with Crippen molar-refractivity contribution in [3.63, 3.8) is 0 Å². The van der Waals surface area contributed by atoms with E-state index in [1.165, 1.54) is 11.1 Å². The molecule has 4 rings (SSSR count). The van der Waals surface area contributed by atoms with Gasteiger partial charge in [-0.3, -0.25) is 20.3 Å². The number of nitrogens with zero attached hydrogens (tertiary/aromatic N) is 2. The second-order valence-electron chi connectivity index (χ2n) is 6.36. The lowest BCUT2D eigenvalue weighted by Gasteiger charge is -2.25. The molecule has 1 heterocycles. The Hall–Kier alpha value is -3.93. The van der Waals surface area contributed by atoms with Crippen molar-refractivity contribution in [1.29, 1.82) is 0 Å². The molecule has 3 aromatic carbocycles. The van der Waals surface area contributed by atoms with E-state index in [4.69, 9.17) is 0 Å². The Morgan fingerprint density at radius 3 is 2.18 bits per heavy atom. The van der Waals surface area contributed by atoms with E-state index < -0.39 is 11.0 Å². The first-order valence-electron chi connectivity index (χ1n) is 8.81. The minimum atomic E-state index is -0.607. The number of nitro benzene ring substituents is 1. The Labute approximate surface area is 161 Å². The molecule has 1 aliphatic rings. The first kappa shape index (κ1) is 17.5. The van der Waals surface area contributed by atoms with Crippen LogP contribution in [-0.4, -0.2) is 15.8 Å². The maximum Gasteiger partial charge on any atom is 0.275 e. The summed E-state index contributed by atoms with van der Waals surface area (Å²) in [5, 5.41) is 13.0. The first-order valence-corrected chi connectivity index (χ1v) is 8.81. The van der Waals surface area contributed by atoms with E-state index in [0.29, 0.717) is 11.1 Å². The van der Waals surface area contributed by atoms with E-state index in [-0.39, 0.29) is 11.6 Å². The maximum atomic E-state index is 13.1. The third kappa shape index (κ3) is 3.23. The van der Waals surface area contributed by atoms with Crippen LogP contribution in [0.3, 0.4) is 0 Å². The van der Waals surface area contributed by atoms with Gasteiger partial charge in [0.2, 0.25) is 0 Å². The number of amides is 1. The monoisotopic (exact) mass is 371 g/mol. The van der Waals surface area contributed by atoms with Crippen molar-refractivity contribution in [2.75, 3.05) is 0 Å². The van der Waals surface area contributed by atoms with Gasteiger partial charge in [0, 0.05) is 11.6 Å². The molecule has 0 saturated heterocycles. The topological polar surface area (TPSA) is 75.5 Å². The maximum absolute atomic E-state index is 13.1. The molecule has 0 radical (unpaired) electrons. The molecule has 1 atom stereocenters. The van der Waals surface area contributed by atoms with Gasteiger partial charge in [-0.2, -0.15) is 0 Å². The lowest BCUT2D eigenvalue weighted by atomic mass is 10.0. The van der Waals surface area contributed by atoms with Crippen LogP contribution in [0.1, 0.15) is 27.5 Å². The third-order valence-corrected chi connectivity index (χ3v) is 4.62. The van der Waals surface area contributed by atoms with Crippen molar-refractivity contribution in [2.24, 2.45) is 0 Å². The van der Waals surface area contributed by atoms with Crippen molar-refractivity contribution < 1.29 is 9.72 Å². The summed E-state index contributed by atoms with van der Waals surface area (Å²) in [6.45, 7) is 0. The van der Waals surface area contributed by atoms with Crippen LogP contribution < -0.4 is 5.43 Å². The standard InChI is InChI=1S/C22H17N3O3/c26-22(17-11-5-2-6-12-17)24-21(18-13-7-8-14-20(18)25(27)28)15-19(23-24)16-9-3-1-4-10-16/h1-15,21,23H. The SMILES string of the molecule is O=C(c1ccccc1)N1NC(c2ccccc2)=CC1c1ccccc1[N+](=O)[O-]. The molecule has 0 aliphatic carbocycles. The highest BCUT2D eigenvalue weighted by Gasteiger charge is 2.34. The Morgan fingerprint density at radius 2 is 1.50 bits per heavy atom. The Kier molecular flexibility index (Phi) is 4.60. The molecule has 28 heavy (non-hydrogen) atoms. The summed E-state index contributed by atoms with van der Waals surface area (Å²) in [6, 6.07) is 24.3. The molecular weight excluding hydrogens is 354 g/mol. The van der Waals surface area contributed by atoms with Gasteiger partial charge in [-0.25, -0.2) is 5.01 Å². The van der Waals surface area contributed by atoms with Crippen molar-refractivity contribution in [2.45, 2.75) is 6.04 Å². The largest absolute Gasteiger partial charge is 0.295 e. The van der Waals surface area contributed by atoms with Crippen molar-refractivity contribution >= 4 is 17.3 Å². The van der Waals surface area contributed by atoms with Crippen LogP contribution in [-0.2, 0) is 0 Å². The molecule has 1 aliphatic heterocycles. The third-order valence-electron chi connectivity index (χ3n) is 4.62. The Bertz CT molecular complexity index is 1050. The minimum Gasteiger partial charge on any atom is -0.295 e. The summed E-state index contributed by atoms with van der Waals surface area (Å²) in [7, 11) is 0. The van der Waals surface area contributed by atoms with Crippen LogP contribution in [0.5, 0.6) is 0 Å². The molecule has 6 nitrogen and oxygen atoms in total. The summed E-state index contributed by atoms with van der Waals surface area (Å²) in [4.78, 5) is 24.3. The number of carbonyl (C=O) groups is 1. The normalized spacial score (nSPS) is 15.6. The van der Waals surface area contributed by atoms with Crippen LogP contribution in [0.2, 0.25) is 0 Å². The van der Waals surface area contributed by atoms with Crippen LogP contribution in [0.4, 0.5) is 5.69 Å². The highest BCUT2D eigenvalue weighted by Crippen LogP contribution is 2.36. The molecule has 3 aromatic rings. The number of nitro groups is 1. The number of para-hydroxylation sites is 1. The molecule has 0 bridgehead atoms. The van der Waals surface area contributed by atoms with Crippen molar-refractivity contribution in [1.82, 2.24) is 10.4 Å². The van der Waals surface area contributed by atoms with Gasteiger partial charge < -0.3 is 0 Å². The second kappa shape index (κ2) is 7.36. The molecule has 6 heteroatoms. The van der Waals surface area contributed by atoms with E-state index in [1.807, 2.05) is 42.5 Å². The van der Waals surface area contributed by atoms with Crippen molar-refractivity contribution in [3.05, 3.63) is 118 Å². The average Bonchev–Trinajstić information content (AvgIpc) is 3.20. The van der Waals surface area contributed by atoms with Gasteiger partial charge in [0.05, 0.1) is 16.2 Å². The number of carbonyl (C=O) groups excluding carboxylic acids is 1. The highest BCUT2D eigenvalue weighted by atomic mass is 16.6. The lowest BCUT2D eigenvalue weighted by molar-refractivity contribution is -0.385. The smallest absolute Gasteiger partial charge is 0.275 e. The van der Waals surface area contributed by atoms with Gasteiger partial charge in [0.1, 0.15) is 6.04 Å². The van der Waals surface area contributed by atoms with Gasteiger partial charge >= 0.3 is 0 Å². The van der Waals surface area contributed by atoms with Crippen LogP contribution >= 0.6 is 0 Å².